The molecule has 1 heterocycles. The first kappa shape index (κ1) is 14.7. The molecular weight excluding hydrogens is 252 g/mol. The lowest BCUT2D eigenvalue weighted by molar-refractivity contribution is 0.0697. The van der Waals surface area contributed by atoms with E-state index < -0.39 is 5.97 Å². The van der Waals surface area contributed by atoms with Gasteiger partial charge in [-0.2, -0.15) is 0 Å². The smallest absolute Gasteiger partial charge is 0.337 e. The fourth-order valence-corrected chi connectivity index (χ4v) is 3.25. The fourth-order valence-electron chi connectivity index (χ4n) is 3.25. The van der Waals surface area contributed by atoms with Crippen LogP contribution in [-0.2, 0) is 0 Å². The third kappa shape index (κ3) is 2.60. The third-order valence-electron chi connectivity index (χ3n) is 4.94. The molecule has 1 aliphatic rings. The highest BCUT2D eigenvalue weighted by atomic mass is 16.4. The van der Waals surface area contributed by atoms with E-state index in [9.17, 15) is 9.90 Å². The molecule has 1 fully saturated rings. The van der Waals surface area contributed by atoms with Gasteiger partial charge < -0.3 is 15.7 Å². The van der Waals surface area contributed by atoms with Gasteiger partial charge in [0.2, 0.25) is 0 Å². The molecule has 1 aromatic rings. The van der Waals surface area contributed by atoms with Gasteiger partial charge in [0.05, 0.1) is 16.9 Å². The van der Waals surface area contributed by atoms with Crippen molar-refractivity contribution in [3.05, 3.63) is 23.8 Å². The Labute approximate surface area is 120 Å². The maximum absolute atomic E-state index is 11.4. The highest BCUT2D eigenvalue weighted by Gasteiger charge is 2.32. The van der Waals surface area contributed by atoms with Crippen LogP contribution in [0.15, 0.2) is 18.2 Å². The Morgan fingerprint density at radius 2 is 1.90 bits per heavy atom. The minimum atomic E-state index is -0.907. The summed E-state index contributed by atoms with van der Waals surface area (Å²) in [5.41, 5.74) is 8.00. The van der Waals surface area contributed by atoms with Crippen molar-refractivity contribution >= 4 is 17.3 Å². The summed E-state index contributed by atoms with van der Waals surface area (Å²) in [5.74, 6) is -0.907. The zero-order valence-electron chi connectivity index (χ0n) is 12.4. The van der Waals surface area contributed by atoms with Crippen LogP contribution in [0, 0.1) is 5.41 Å². The van der Waals surface area contributed by atoms with E-state index >= 15 is 0 Å². The number of hydrogen-bond acceptors (Lipinski definition) is 3. The summed E-state index contributed by atoms with van der Waals surface area (Å²) in [7, 11) is 0. The number of nitrogens with two attached hydrogens (primary N) is 1. The number of carboxylic acid groups (broad SMARTS) is 1. The molecular formula is C16H24N2O2. The van der Waals surface area contributed by atoms with Gasteiger partial charge in [0.1, 0.15) is 0 Å². The minimum absolute atomic E-state index is 0.311. The first-order chi connectivity index (χ1) is 9.53. The standard InChI is InChI=1S/C16H24N2O2/c1-3-16(4-2)8-10-18(11-9-16)14-12(15(19)20)6-5-7-13(14)17/h5-7H,3-4,8-11,17H2,1-2H3,(H,19,20). The molecule has 0 saturated carbocycles. The van der Waals surface area contributed by atoms with Gasteiger partial charge in [-0.15, -0.1) is 0 Å². The van der Waals surface area contributed by atoms with Gasteiger partial charge >= 0.3 is 5.97 Å². The van der Waals surface area contributed by atoms with Crippen LogP contribution < -0.4 is 10.6 Å². The van der Waals surface area contributed by atoms with Crippen molar-refractivity contribution in [2.45, 2.75) is 39.5 Å². The van der Waals surface area contributed by atoms with Gasteiger partial charge in [-0.1, -0.05) is 32.8 Å². The van der Waals surface area contributed by atoms with Crippen molar-refractivity contribution in [2.75, 3.05) is 23.7 Å². The minimum Gasteiger partial charge on any atom is -0.478 e. The van der Waals surface area contributed by atoms with Crippen molar-refractivity contribution in [1.29, 1.82) is 0 Å². The number of aromatic carboxylic acids is 1. The van der Waals surface area contributed by atoms with Gasteiger partial charge in [0, 0.05) is 13.1 Å². The number of carboxylic acids is 1. The highest BCUT2D eigenvalue weighted by molar-refractivity contribution is 5.98. The van der Waals surface area contributed by atoms with E-state index in [0.29, 0.717) is 22.4 Å². The van der Waals surface area contributed by atoms with Crippen molar-refractivity contribution in [1.82, 2.24) is 0 Å². The number of para-hydroxylation sites is 1. The Hall–Kier alpha value is -1.71. The lowest BCUT2D eigenvalue weighted by Gasteiger charge is -2.42. The average molecular weight is 276 g/mol. The molecule has 0 atom stereocenters. The largest absolute Gasteiger partial charge is 0.478 e. The van der Waals surface area contributed by atoms with Gasteiger partial charge in [-0.05, 0) is 30.4 Å². The number of nitrogen functional groups attached to an aromatic ring is 1. The molecule has 0 unspecified atom stereocenters. The topological polar surface area (TPSA) is 66.6 Å². The van der Waals surface area contributed by atoms with Gasteiger partial charge in [-0.25, -0.2) is 4.79 Å². The fraction of sp³-hybridized carbons (Fsp3) is 0.562. The summed E-state index contributed by atoms with van der Waals surface area (Å²) >= 11 is 0. The van der Waals surface area contributed by atoms with Crippen LogP contribution in [0.25, 0.3) is 0 Å². The van der Waals surface area contributed by atoms with Gasteiger partial charge in [-0.3, -0.25) is 0 Å². The maximum Gasteiger partial charge on any atom is 0.337 e. The van der Waals surface area contributed by atoms with E-state index in [1.807, 2.05) is 0 Å². The molecule has 20 heavy (non-hydrogen) atoms. The lowest BCUT2D eigenvalue weighted by atomic mass is 9.74. The predicted molar refractivity (Wildman–Crippen MR) is 82.3 cm³/mol. The van der Waals surface area contributed by atoms with Crippen LogP contribution >= 0.6 is 0 Å². The van der Waals surface area contributed by atoms with Crippen molar-refractivity contribution in [3.63, 3.8) is 0 Å². The Bertz CT molecular complexity index is 485. The summed E-state index contributed by atoms with van der Waals surface area (Å²) in [6.07, 6.45) is 4.58. The first-order valence-electron chi connectivity index (χ1n) is 7.39. The van der Waals surface area contributed by atoms with Crippen molar-refractivity contribution in [2.24, 2.45) is 5.41 Å². The molecule has 3 N–H and O–H groups in total. The molecule has 0 aliphatic carbocycles. The molecule has 2 rings (SSSR count). The number of anilines is 2. The molecule has 0 amide bonds. The lowest BCUT2D eigenvalue weighted by Crippen LogP contribution is -2.40. The Morgan fingerprint density at radius 3 is 2.40 bits per heavy atom. The molecule has 4 nitrogen and oxygen atoms in total. The number of nitrogens with zero attached hydrogens (tertiary/aromatic N) is 1. The highest BCUT2D eigenvalue weighted by Crippen LogP contribution is 2.40. The van der Waals surface area contributed by atoms with Crippen LogP contribution in [0.1, 0.15) is 49.9 Å². The molecule has 1 aliphatic heterocycles. The number of piperidine rings is 1. The normalized spacial score (nSPS) is 18.0. The van der Waals surface area contributed by atoms with Gasteiger partial charge in [0.15, 0.2) is 0 Å². The van der Waals surface area contributed by atoms with Crippen LogP contribution in [0.5, 0.6) is 0 Å². The Balaban J connectivity index is 2.25. The second kappa shape index (κ2) is 5.73. The third-order valence-corrected chi connectivity index (χ3v) is 4.94. The summed E-state index contributed by atoms with van der Waals surface area (Å²) in [5, 5.41) is 9.33. The monoisotopic (exact) mass is 276 g/mol. The number of hydrogen-bond donors (Lipinski definition) is 2. The molecule has 0 bridgehead atoms. The van der Waals surface area contributed by atoms with Crippen LogP contribution in [0.4, 0.5) is 11.4 Å². The molecule has 1 aromatic carbocycles. The Morgan fingerprint density at radius 1 is 1.30 bits per heavy atom. The summed E-state index contributed by atoms with van der Waals surface area (Å²) < 4.78 is 0. The van der Waals surface area contributed by atoms with E-state index in [0.717, 1.165) is 25.9 Å². The van der Waals surface area contributed by atoms with E-state index in [1.54, 1.807) is 18.2 Å². The van der Waals surface area contributed by atoms with Gasteiger partial charge in [0.25, 0.3) is 0 Å². The molecule has 0 radical (unpaired) electrons. The van der Waals surface area contributed by atoms with E-state index in [1.165, 1.54) is 12.8 Å². The Kier molecular flexibility index (Phi) is 4.21. The van der Waals surface area contributed by atoms with Crippen LogP contribution in [0.2, 0.25) is 0 Å². The van der Waals surface area contributed by atoms with E-state index in [4.69, 9.17) is 5.73 Å². The number of carbonyl (C=O) groups is 1. The number of rotatable bonds is 4. The molecule has 110 valence electrons. The van der Waals surface area contributed by atoms with E-state index in [-0.39, 0.29) is 0 Å². The molecule has 1 saturated heterocycles. The van der Waals surface area contributed by atoms with Crippen LogP contribution in [-0.4, -0.2) is 24.2 Å². The summed E-state index contributed by atoms with van der Waals surface area (Å²) in [6.45, 7) is 6.27. The zero-order chi connectivity index (χ0) is 14.8. The second-order valence-corrected chi connectivity index (χ2v) is 5.74. The quantitative estimate of drug-likeness (QED) is 0.827. The maximum atomic E-state index is 11.4. The van der Waals surface area contributed by atoms with Crippen molar-refractivity contribution < 1.29 is 9.90 Å². The zero-order valence-corrected chi connectivity index (χ0v) is 12.4. The van der Waals surface area contributed by atoms with Crippen LogP contribution in [0.3, 0.4) is 0 Å². The average Bonchev–Trinajstić information content (AvgIpc) is 2.47. The van der Waals surface area contributed by atoms with E-state index in [2.05, 4.69) is 18.7 Å². The molecule has 4 heteroatoms. The predicted octanol–water partition coefficient (Wildman–Crippen LogP) is 3.37. The summed E-state index contributed by atoms with van der Waals surface area (Å²) in [6, 6.07) is 5.12. The number of benzene rings is 1. The SMILES string of the molecule is CCC1(CC)CCN(c2c(N)cccc2C(=O)O)CC1. The van der Waals surface area contributed by atoms with Crippen molar-refractivity contribution in [3.8, 4) is 0 Å². The molecule has 0 aromatic heterocycles. The second-order valence-electron chi connectivity index (χ2n) is 5.74. The summed E-state index contributed by atoms with van der Waals surface area (Å²) in [4.78, 5) is 13.5. The first-order valence-corrected chi connectivity index (χ1v) is 7.39. The molecule has 0 spiro atoms.